The third kappa shape index (κ3) is 13.3. The number of nitrogens with zero attached hydrogens (tertiary/aromatic N) is 1. The van der Waals surface area contributed by atoms with Gasteiger partial charge in [-0.05, 0) is 102 Å². The highest BCUT2D eigenvalue weighted by molar-refractivity contribution is 6.19. The van der Waals surface area contributed by atoms with Gasteiger partial charge in [-0.3, -0.25) is 9.59 Å². The van der Waals surface area contributed by atoms with Gasteiger partial charge in [0.05, 0.1) is 22.7 Å². The van der Waals surface area contributed by atoms with Crippen molar-refractivity contribution in [2.75, 3.05) is 19.6 Å². The molecule has 8 aromatic rings. The molecule has 12 nitrogen and oxygen atoms in total. The summed E-state index contributed by atoms with van der Waals surface area (Å²) in [6.07, 6.45) is 0.836. The molecule has 3 aliphatic heterocycles. The molecule has 0 spiro atoms. The standard InChI is InChI=1S/C65H58N2O10/c68-61(59-54(65(71)76-44-49-25-14-5-15-26-49)27-16-28-56(59)73-41-46-19-8-2-9-20-46)60-57(74-42-47-21-10-3-11-22-47)37-52(38-58(60)75-43-48-23-12-4-13-24-48)64(70)77-62-50-33-35-67(36-34-50)39-55(62)66-63(69)51-29-31-53(32-30-51)72-40-45-17-6-1-7-18-45/h1-32,37-38,50,55,62H,33-36,39-44H2,(H,66,69). The lowest BCUT2D eigenvalue weighted by atomic mass is 9.90. The van der Waals surface area contributed by atoms with Crippen LogP contribution < -0.4 is 24.3 Å². The van der Waals surface area contributed by atoms with Crippen LogP contribution in [-0.2, 0) is 42.5 Å². The Kier molecular flexibility index (Phi) is 16.7. The largest absolute Gasteiger partial charge is 0.489 e. The van der Waals surface area contributed by atoms with Crippen molar-refractivity contribution in [3.63, 3.8) is 0 Å². The van der Waals surface area contributed by atoms with E-state index in [0.29, 0.717) is 24.5 Å². The summed E-state index contributed by atoms with van der Waals surface area (Å²) in [5, 5.41) is 3.22. The zero-order valence-electron chi connectivity index (χ0n) is 42.5. The molecular formula is C65H58N2O10. The Bertz CT molecular complexity index is 3200. The fourth-order valence-electron chi connectivity index (χ4n) is 9.71. The first-order valence-electron chi connectivity index (χ1n) is 25.9. The minimum atomic E-state index is -0.749. The second-order valence-corrected chi connectivity index (χ2v) is 19.1. The van der Waals surface area contributed by atoms with Crippen molar-refractivity contribution in [2.45, 2.75) is 58.0 Å². The number of nitrogens with one attached hydrogen (secondary N) is 1. The predicted molar refractivity (Wildman–Crippen MR) is 291 cm³/mol. The number of ketones is 1. The van der Waals surface area contributed by atoms with E-state index in [1.54, 1.807) is 36.4 Å². The van der Waals surface area contributed by atoms with Gasteiger partial charge in [0.15, 0.2) is 0 Å². The van der Waals surface area contributed by atoms with Crippen molar-refractivity contribution >= 4 is 23.6 Å². The molecule has 2 unspecified atom stereocenters. The lowest BCUT2D eigenvalue weighted by molar-refractivity contribution is 0.00289. The van der Waals surface area contributed by atoms with Gasteiger partial charge in [-0.25, -0.2) is 9.59 Å². The first-order valence-corrected chi connectivity index (χ1v) is 25.9. The molecule has 0 aliphatic carbocycles. The van der Waals surface area contributed by atoms with Gasteiger partial charge in [-0.1, -0.05) is 158 Å². The molecule has 1 amide bonds. The SMILES string of the molecule is O=C(NC1CN2CCC(CC2)C1OC(=O)c1cc(OCc2ccccc2)c(C(=O)c2c(OCc3ccccc3)cccc2C(=O)OCc2ccccc2)c(OCc2ccccc2)c1)c1ccc(OCc2ccccc2)cc1. The van der Waals surface area contributed by atoms with Gasteiger partial charge in [0, 0.05) is 18.0 Å². The predicted octanol–water partition coefficient (Wildman–Crippen LogP) is 11.6. The number of hydrogen-bond donors (Lipinski definition) is 1. The highest BCUT2D eigenvalue weighted by Gasteiger charge is 2.42. The summed E-state index contributed by atoms with van der Waals surface area (Å²) in [6.45, 7) is 2.51. The maximum Gasteiger partial charge on any atom is 0.339 e. The Morgan fingerprint density at radius 1 is 0.455 bits per heavy atom. The van der Waals surface area contributed by atoms with E-state index in [1.807, 2.05) is 152 Å². The quantitative estimate of drug-likeness (QED) is 0.0543. The average Bonchev–Trinajstić information content (AvgIpc) is 3.75. The van der Waals surface area contributed by atoms with Crippen LogP contribution in [-0.4, -0.2) is 60.3 Å². The van der Waals surface area contributed by atoms with Gasteiger partial charge in [0.2, 0.25) is 5.78 Å². The number of carbonyl (C=O) groups excluding carboxylic acids is 4. The van der Waals surface area contributed by atoms with E-state index in [4.69, 9.17) is 28.4 Å². The molecule has 8 aromatic carbocycles. The Morgan fingerprint density at radius 3 is 1.43 bits per heavy atom. The molecule has 1 N–H and O–H groups in total. The minimum Gasteiger partial charge on any atom is -0.489 e. The number of fused-ring (bicyclic) bond motifs is 4. The molecule has 3 fully saturated rings. The van der Waals surface area contributed by atoms with Gasteiger partial charge in [0.1, 0.15) is 67.7 Å². The van der Waals surface area contributed by atoms with Crippen LogP contribution in [0.3, 0.4) is 0 Å². The summed E-state index contributed by atoms with van der Waals surface area (Å²) < 4.78 is 38.1. The molecule has 3 aliphatic rings. The zero-order chi connectivity index (χ0) is 52.8. The Hall–Kier alpha value is -9.00. The number of hydrogen-bond acceptors (Lipinski definition) is 11. The van der Waals surface area contributed by atoms with Gasteiger partial charge < -0.3 is 38.6 Å². The summed E-state index contributed by atoms with van der Waals surface area (Å²) in [5.74, 6) is -1.70. The minimum absolute atomic E-state index is 0.00461. The average molecular weight is 1030 g/mol. The molecule has 11 rings (SSSR count). The van der Waals surface area contributed by atoms with E-state index in [1.165, 1.54) is 18.2 Å². The molecule has 77 heavy (non-hydrogen) atoms. The third-order valence-corrected chi connectivity index (χ3v) is 13.8. The second kappa shape index (κ2) is 25.0. The van der Waals surface area contributed by atoms with Crippen LogP contribution in [0, 0.1) is 5.92 Å². The number of piperidine rings is 1. The topological polar surface area (TPSA) is 139 Å². The maximum atomic E-state index is 15.8. The van der Waals surface area contributed by atoms with Gasteiger partial charge in [-0.2, -0.15) is 0 Å². The highest BCUT2D eigenvalue weighted by atomic mass is 16.5. The Labute approximate surface area is 448 Å². The van der Waals surface area contributed by atoms with Crippen molar-refractivity contribution in [1.82, 2.24) is 10.2 Å². The van der Waals surface area contributed by atoms with Crippen LogP contribution >= 0.6 is 0 Å². The van der Waals surface area contributed by atoms with Crippen molar-refractivity contribution in [3.8, 4) is 23.0 Å². The van der Waals surface area contributed by atoms with E-state index >= 15 is 4.79 Å². The molecular weight excluding hydrogens is 969 g/mol. The smallest absolute Gasteiger partial charge is 0.339 e. The maximum absolute atomic E-state index is 15.8. The fourth-order valence-corrected chi connectivity index (χ4v) is 9.71. The molecule has 12 heteroatoms. The van der Waals surface area contributed by atoms with Crippen LogP contribution in [0.1, 0.15) is 87.7 Å². The first-order chi connectivity index (χ1) is 37.8. The highest BCUT2D eigenvalue weighted by Crippen LogP contribution is 2.39. The molecule has 2 atom stereocenters. The number of ether oxygens (including phenoxy) is 6. The van der Waals surface area contributed by atoms with Crippen LogP contribution in [0.5, 0.6) is 23.0 Å². The number of amides is 1. The van der Waals surface area contributed by atoms with E-state index in [0.717, 1.165) is 53.7 Å². The molecule has 388 valence electrons. The van der Waals surface area contributed by atoms with Crippen molar-refractivity contribution < 1.29 is 47.6 Å². The Morgan fingerprint density at radius 2 is 0.922 bits per heavy atom. The summed E-state index contributed by atoms with van der Waals surface area (Å²) >= 11 is 0. The number of benzene rings is 8. The summed E-state index contributed by atoms with van der Waals surface area (Å²) in [5.41, 5.74) is 4.54. The fraction of sp³-hybridized carbons (Fsp3) is 0.200. The normalized spacial score (nSPS) is 16.5. The van der Waals surface area contributed by atoms with Crippen molar-refractivity contribution in [3.05, 3.63) is 262 Å². The zero-order valence-corrected chi connectivity index (χ0v) is 42.5. The van der Waals surface area contributed by atoms with Crippen LogP contribution in [0.25, 0.3) is 0 Å². The summed E-state index contributed by atoms with van der Waals surface area (Å²) in [6, 6.07) is 61.7. The third-order valence-electron chi connectivity index (χ3n) is 13.8. The van der Waals surface area contributed by atoms with Crippen molar-refractivity contribution in [2.24, 2.45) is 5.92 Å². The molecule has 3 saturated heterocycles. The van der Waals surface area contributed by atoms with E-state index in [-0.39, 0.29) is 77.8 Å². The molecule has 0 saturated carbocycles. The van der Waals surface area contributed by atoms with Gasteiger partial charge in [-0.15, -0.1) is 0 Å². The van der Waals surface area contributed by atoms with Crippen LogP contribution in [0.4, 0.5) is 0 Å². The summed E-state index contributed by atoms with van der Waals surface area (Å²) in [7, 11) is 0. The number of carbonyl (C=O) groups is 4. The van der Waals surface area contributed by atoms with E-state index < -0.39 is 29.9 Å². The lowest BCUT2D eigenvalue weighted by Gasteiger charge is -2.30. The molecule has 0 aromatic heterocycles. The van der Waals surface area contributed by atoms with E-state index in [9.17, 15) is 14.4 Å². The first kappa shape index (κ1) is 51.5. The number of esters is 2. The molecule has 0 radical (unpaired) electrons. The molecule has 3 heterocycles. The van der Waals surface area contributed by atoms with E-state index in [2.05, 4.69) is 10.2 Å². The van der Waals surface area contributed by atoms with Crippen molar-refractivity contribution in [1.29, 1.82) is 0 Å². The van der Waals surface area contributed by atoms with Crippen LogP contribution in [0.15, 0.2) is 206 Å². The molecule has 2 bridgehead atoms. The van der Waals surface area contributed by atoms with Gasteiger partial charge in [0.25, 0.3) is 5.91 Å². The second-order valence-electron chi connectivity index (χ2n) is 19.1. The van der Waals surface area contributed by atoms with Crippen LogP contribution in [0.2, 0.25) is 0 Å². The van der Waals surface area contributed by atoms with Gasteiger partial charge >= 0.3 is 11.9 Å². The summed E-state index contributed by atoms with van der Waals surface area (Å²) in [4.78, 5) is 61.4. The number of rotatable bonds is 21. The monoisotopic (exact) mass is 1030 g/mol. The Balaban J connectivity index is 1.000. The lowest BCUT2D eigenvalue weighted by Crippen LogP contribution is -2.50.